The number of carbonyl (C=O) groups is 4. The lowest BCUT2D eigenvalue weighted by molar-refractivity contribution is -0.141. The Kier molecular flexibility index (Phi) is 13.5. The van der Waals surface area contributed by atoms with Gasteiger partial charge in [0.15, 0.2) is 5.69 Å². The van der Waals surface area contributed by atoms with Crippen molar-refractivity contribution in [3.63, 3.8) is 0 Å². The van der Waals surface area contributed by atoms with Crippen molar-refractivity contribution in [2.75, 3.05) is 39.6 Å². The van der Waals surface area contributed by atoms with Gasteiger partial charge in [-0.25, -0.2) is 0 Å². The number of unbranched alkanes of at least 4 members (excludes halogenated alkanes) is 2. The quantitative estimate of drug-likeness (QED) is 0.0640. The first kappa shape index (κ1) is 44.1. The molecule has 0 bridgehead atoms. The maximum Gasteiger partial charge on any atom is 0.435 e. The normalized spacial score (nSPS) is 15.8. The van der Waals surface area contributed by atoms with Crippen molar-refractivity contribution in [1.82, 2.24) is 20.0 Å². The summed E-state index contributed by atoms with van der Waals surface area (Å²) in [6, 6.07) is 10.8. The fraction of sp³-hybridized carbons (Fsp3) is 0.390. The van der Waals surface area contributed by atoms with Gasteiger partial charge in [-0.15, -0.1) is 0 Å². The standard InChI is InChI=1S/C41H39ClF6N4O8/c1-23-25(30-22-33(41(46,47)48)50-51(30)2)10-13-32(35(23)24-9-11-28(42)27(21-24)40(43,44)45)59-16-5-3-4-15-57-17-18-58-19-20-60-31-8-6-7-26-36(31)39(56)52(38(26)55)29-12-14-34(53)49-37(29)54/h6-11,13,21-22,29H,3-5,12,14-20H2,1-2H3,(H,49,53,54). The van der Waals surface area contributed by atoms with Crippen LogP contribution in [0.4, 0.5) is 26.3 Å². The highest BCUT2D eigenvalue weighted by atomic mass is 35.5. The Bertz CT molecular complexity index is 2280. The molecule has 19 heteroatoms. The van der Waals surface area contributed by atoms with E-state index in [2.05, 4.69) is 10.4 Å². The molecule has 0 spiro atoms. The van der Waals surface area contributed by atoms with Crippen molar-refractivity contribution in [3.05, 3.63) is 87.6 Å². The van der Waals surface area contributed by atoms with Gasteiger partial charge in [-0.1, -0.05) is 23.7 Å². The molecule has 320 valence electrons. The van der Waals surface area contributed by atoms with Crippen LogP contribution in [0.2, 0.25) is 5.02 Å². The Morgan fingerprint density at radius 3 is 2.15 bits per heavy atom. The summed E-state index contributed by atoms with van der Waals surface area (Å²) in [7, 11) is 1.35. The molecule has 3 aromatic carbocycles. The average molecular weight is 865 g/mol. The van der Waals surface area contributed by atoms with E-state index in [1.54, 1.807) is 19.1 Å². The monoisotopic (exact) mass is 864 g/mol. The van der Waals surface area contributed by atoms with Crippen molar-refractivity contribution in [2.45, 2.75) is 57.4 Å². The van der Waals surface area contributed by atoms with Crippen LogP contribution in [0.5, 0.6) is 11.5 Å². The van der Waals surface area contributed by atoms with Gasteiger partial charge < -0.3 is 18.9 Å². The minimum Gasteiger partial charge on any atom is -0.493 e. The van der Waals surface area contributed by atoms with Gasteiger partial charge in [0, 0.05) is 31.2 Å². The molecule has 3 heterocycles. The topological polar surface area (TPSA) is 138 Å². The fourth-order valence-corrected chi connectivity index (χ4v) is 7.23. The first-order valence-corrected chi connectivity index (χ1v) is 19.2. The Labute approximate surface area is 344 Å². The summed E-state index contributed by atoms with van der Waals surface area (Å²) in [6.07, 6.45) is -7.51. The number of alkyl halides is 6. The van der Waals surface area contributed by atoms with Crippen LogP contribution >= 0.6 is 11.6 Å². The first-order valence-electron chi connectivity index (χ1n) is 18.9. The van der Waals surface area contributed by atoms with Crippen molar-refractivity contribution in [2.24, 2.45) is 7.05 Å². The third-order valence-electron chi connectivity index (χ3n) is 9.91. The second kappa shape index (κ2) is 18.4. The number of piperidine rings is 1. The number of nitrogens with one attached hydrogen (secondary N) is 1. The molecule has 12 nitrogen and oxygen atoms in total. The van der Waals surface area contributed by atoms with E-state index in [9.17, 15) is 45.5 Å². The molecule has 0 saturated carbocycles. The van der Waals surface area contributed by atoms with E-state index in [4.69, 9.17) is 30.5 Å². The van der Waals surface area contributed by atoms with Crippen LogP contribution in [0.1, 0.15) is 69.6 Å². The van der Waals surface area contributed by atoms with E-state index in [0.29, 0.717) is 37.0 Å². The maximum atomic E-state index is 13.8. The van der Waals surface area contributed by atoms with Gasteiger partial charge in [0.1, 0.15) is 24.1 Å². The Hall–Kier alpha value is -5.46. The Balaban J connectivity index is 0.949. The van der Waals surface area contributed by atoms with Gasteiger partial charge in [0.25, 0.3) is 11.8 Å². The molecular formula is C41H39ClF6N4O8. The summed E-state index contributed by atoms with van der Waals surface area (Å²) < 4.78 is 106. The van der Waals surface area contributed by atoms with E-state index in [0.717, 1.165) is 27.8 Å². The number of hydrogen-bond donors (Lipinski definition) is 1. The maximum absolute atomic E-state index is 13.8. The first-order chi connectivity index (χ1) is 28.5. The Morgan fingerprint density at radius 2 is 1.45 bits per heavy atom. The zero-order valence-electron chi connectivity index (χ0n) is 32.3. The van der Waals surface area contributed by atoms with Gasteiger partial charge in [-0.3, -0.25) is 34.1 Å². The largest absolute Gasteiger partial charge is 0.493 e. The minimum absolute atomic E-state index is 0.00752. The SMILES string of the molecule is Cc1c(-c2cc(C(F)(F)F)nn2C)ccc(OCCCCCOCCOCCOc2cccc3c2C(=O)N(C2CCC(=O)NC2=O)C3=O)c1-c1ccc(Cl)c(C(F)(F)F)c1. The van der Waals surface area contributed by atoms with Crippen molar-refractivity contribution < 1.29 is 64.5 Å². The third kappa shape index (κ3) is 9.77. The van der Waals surface area contributed by atoms with Crippen LogP contribution in [0.25, 0.3) is 22.4 Å². The van der Waals surface area contributed by atoms with Crippen LogP contribution in [0.15, 0.2) is 54.6 Å². The van der Waals surface area contributed by atoms with Crippen molar-refractivity contribution in [3.8, 4) is 33.9 Å². The molecule has 1 saturated heterocycles. The van der Waals surface area contributed by atoms with Gasteiger partial charge in [-0.05, 0) is 86.2 Å². The molecule has 4 aromatic rings. The number of aryl methyl sites for hydroxylation is 1. The van der Waals surface area contributed by atoms with Crippen LogP contribution in [0.3, 0.4) is 0 Å². The number of fused-ring (bicyclic) bond motifs is 1. The molecule has 2 aliphatic heterocycles. The van der Waals surface area contributed by atoms with E-state index >= 15 is 0 Å². The molecule has 6 rings (SSSR count). The van der Waals surface area contributed by atoms with Gasteiger partial charge in [-0.2, -0.15) is 31.4 Å². The summed E-state index contributed by atoms with van der Waals surface area (Å²) in [5.41, 5.74) is -0.808. The molecule has 4 amide bonds. The molecule has 0 radical (unpaired) electrons. The smallest absolute Gasteiger partial charge is 0.435 e. The second-order valence-electron chi connectivity index (χ2n) is 13.9. The zero-order chi connectivity index (χ0) is 43.4. The highest BCUT2D eigenvalue weighted by Gasteiger charge is 2.46. The summed E-state index contributed by atoms with van der Waals surface area (Å²) in [6.45, 7) is 2.92. The molecule has 1 fully saturated rings. The van der Waals surface area contributed by atoms with Crippen LogP contribution < -0.4 is 14.8 Å². The molecular weight excluding hydrogens is 826 g/mol. The number of nitrogens with zero attached hydrogens (tertiary/aromatic N) is 3. The molecule has 1 atom stereocenters. The van der Waals surface area contributed by atoms with Gasteiger partial charge in [0.2, 0.25) is 11.8 Å². The number of ether oxygens (including phenoxy) is 4. The summed E-state index contributed by atoms with van der Waals surface area (Å²) in [5.74, 6) is -2.07. The number of rotatable bonds is 17. The van der Waals surface area contributed by atoms with Crippen LogP contribution in [-0.2, 0) is 38.5 Å². The molecule has 2 aliphatic rings. The fourth-order valence-electron chi connectivity index (χ4n) is 7.00. The number of hydrogen-bond acceptors (Lipinski definition) is 9. The number of imide groups is 2. The van der Waals surface area contributed by atoms with Crippen LogP contribution in [0, 0.1) is 6.92 Å². The van der Waals surface area contributed by atoms with Gasteiger partial charge in [0.05, 0.1) is 53.8 Å². The van der Waals surface area contributed by atoms with E-state index < -0.39 is 58.3 Å². The zero-order valence-corrected chi connectivity index (χ0v) is 33.1. The second-order valence-corrected chi connectivity index (χ2v) is 14.4. The summed E-state index contributed by atoms with van der Waals surface area (Å²) in [4.78, 5) is 50.9. The predicted octanol–water partition coefficient (Wildman–Crippen LogP) is 7.82. The molecule has 1 unspecified atom stereocenters. The van der Waals surface area contributed by atoms with Crippen molar-refractivity contribution in [1.29, 1.82) is 0 Å². The molecule has 60 heavy (non-hydrogen) atoms. The molecule has 1 aromatic heterocycles. The summed E-state index contributed by atoms with van der Waals surface area (Å²) >= 11 is 5.88. The molecule has 0 aliphatic carbocycles. The predicted molar refractivity (Wildman–Crippen MR) is 203 cm³/mol. The number of carbonyl (C=O) groups excluding carboxylic acids is 4. The third-order valence-corrected chi connectivity index (χ3v) is 10.2. The average Bonchev–Trinajstić information content (AvgIpc) is 3.70. The minimum atomic E-state index is -4.76. The lowest BCUT2D eigenvalue weighted by Crippen LogP contribution is -2.54. The van der Waals surface area contributed by atoms with E-state index in [1.807, 2.05) is 0 Å². The van der Waals surface area contributed by atoms with Gasteiger partial charge >= 0.3 is 12.4 Å². The number of aromatic nitrogens is 2. The summed E-state index contributed by atoms with van der Waals surface area (Å²) in [5, 5.41) is 5.23. The van der Waals surface area contributed by atoms with E-state index in [-0.39, 0.29) is 85.3 Å². The number of benzene rings is 3. The Morgan fingerprint density at radius 1 is 0.767 bits per heavy atom. The van der Waals surface area contributed by atoms with Crippen LogP contribution in [-0.4, -0.2) is 84.0 Å². The highest BCUT2D eigenvalue weighted by Crippen LogP contribution is 2.44. The number of amides is 4. The molecule has 1 N–H and O–H groups in total. The highest BCUT2D eigenvalue weighted by molar-refractivity contribution is 6.31. The van der Waals surface area contributed by atoms with E-state index in [1.165, 1.54) is 31.3 Å². The van der Waals surface area contributed by atoms with Crippen molar-refractivity contribution >= 4 is 35.2 Å². The lowest BCUT2D eigenvalue weighted by atomic mass is 9.92. The number of halogens is 7. The lowest BCUT2D eigenvalue weighted by Gasteiger charge is -2.27.